The van der Waals surface area contributed by atoms with Gasteiger partial charge in [-0.15, -0.1) is 0 Å². The van der Waals surface area contributed by atoms with Crippen LogP contribution < -0.4 is 4.74 Å². The summed E-state index contributed by atoms with van der Waals surface area (Å²) in [5.41, 5.74) is 0.914. The number of aromatic carboxylic acids is 1. The van der Waals surface area contributed by atoms with Gasteiger partial charge in [0, 0.05) is 12.4 Å². The molecule has 0 aliphatic rings. The topological polar surface area (TPSA) is 63.8 Å². The molecule has 0 unspecified atom stereocenters. The summed E-state index contributed by atoms with van der Waals surface area (Å²) in [4.78, 5) is 15.4. The molecule has 2 heterocycles. The van der Waals surface area contributed by atoms with E-state index in [1.54, 1.807) is 6.20 Å². The van der Waals surface area contributed by atoms with Gasteiger partial charge >= 0.3 is 5.97 Å². The van der Waals surface area contributed by atoms with Crippen molar-refractivity contribution in [3.8, 4) is 5.75 Å². The molecule has 0 atom stereocenters. The Morgan fingerprint density at radius 1 is 1.29 bits per heavy atom. The molecule has 2 aromatic heterocycles. The first kappa shape index (κ1) is 13.1. The maximum Gasteiger partial charge on any atom is 0.342 e. The maximum atomic E-state index is 13.5. The number of hydrogen-bond acceptors (Lipinski definition) is 3. The predicted molar refractivity (Wildman–Crippen MR) is 72.9 cm³/mol. The summed E-state index contributed by atoms with van der Waals surface area (Å²) in [6.45, 7) is 0.0609. The van der Waals surface area contributed by atoms with Crippen molar-refractivity contribution in [1.82, 2.24) is 9.38 Å². The lowest BCUT2D eigenvalue weighted by atomic mass is 10.2. The average Bonchev–Trinajstić information content (AvgIpc) is 2.87. The Kier molecular flexibility index (Phi) is 3.27. The molecule has 106 valence electrons. The van der Waals surface area contributed by atoms with E-state index < -0.39 is 17.3 Å². The van der Waals surface area contributed by atoms with Crippen molar-refractivity contribution in [3.05, 3.63) is 65.9 Å². The van der Waals surface area contributed by atoms with E-state index in [0.717, 1.165) is 11.7 Å². The Hall–Kier alpha value is -2.89. The number of carboxylic acids is 1. The highest BCUT2D eigenvalue weighted by atomic mass is 19.1. The van der Waals surface area contributed by atoms with Crippen LogP contribution in [0.15, 0.2) is 48.8 Å². The fourth-order valence-electron chi connectivity index (χ4n) is 2.04. The van der Waals surface area contributed by atoms with Gasteiger partial charge in [-0.25, -0.2) is 14.2 Å². The van der Waals surface area contributed by atoms with Crippen LogP contribution in [0.2, 0.25) is 0 Å². The minimum atomic E-state index is -1.36. The summed E-state index contributed by atoms with van der Waals surface area (Å²) in [7, 11) is 0. The highest BCUT2D eigenvalue weighted by Crippen LogP contribution is 2.22. The molecule has 1 N–H and O–H groups in total. The molecule has 1 aromatic carbocycles. The van der Waals surface area contributed by atoms with E-state index in [1.165, 1.54) is 12.1 Å². The van der Waals surface area contributed by atoms with Crippen molar-refractivity contribution in [2.75, 3.05) is 0 Å². The van der Waals surface area contributed by atoms with E-state index >= 15 is 0 Å². The fourth-order valence-corrected chi connectivity index (χ4v) is 2.04. The van der Waals surface area contributed by atoms with Gasteiger partial charge < -0.3 is 14.2 Å². The van der Waals surface area contributed by atoms with Gasteiger partial charge in [-0.2, -0.15) is 0 Å². The number of halogens is 1. The molecule has 0 amide bonds. The first-order valence-corrected chi connectivity index (χ1v) is 6.22. The monoisotopic (exact) mass is 286 g/mol. The minimum Gasteiger partial charge on any atom is -0.486 e. The smallest absolute Gasteiger partial charge is 0.342 e. The quantitative estimate of drug-likeness (QED) is 0.801. The summed E-state index contributed by atoms with van der Waals surface area (Å²) < 4.78 is 20.7. The third-order valence-corrected chi connectivity index (χ3v) is 2.98. The van der Waals surface area contributed by atoms with Gasteiger partial charge in [0.05, 0.1) is 5.69 Å². The molecule has 6 heteroatoms. The number of ether oxygens (including phenoxy) is 1. The third-order valence-electron chi connectivity index (χ3n) is 2.98. The Bertz CT molecular complexity index is 781. The number of fused-ring (bicyclic) bond motifs is 1. The average molecular weight is 286 g/mol. The maximum absolute atomic E-state index is 13.5. The molecular weight excluding hydrogens is 275 g/mol. The molecule has 3 rings (SSSR count). The SMILES string of the molecule is O=C(O)c1c(F)cccc1OCc1cn2ccccc2n1. The van der Waals surface area contributed by atoms with Crippen molar-refractivity contribution >= 4 is 11.6 Å². The lowest BCUT2D eigenvalue weighted by Gasteiger charge is -2.08. The molecule has 3 aromatic rings. The van der Waals surface area contributed by atoms with Crippen LogP contribution >= 0.6 is 0 Å². The van der Waals surface area contributed by atoms with E-state index in [-0.39, 0.29) is 12.4 Å². The van der Waals surface area contributed by atoms with Gasteiger partial charge in [0.1, 0.15) is 29.4 Å². The Balaban J connectivity index is 1.85. The number of imidazole rings is 1. The molecule has 0 aliphatic heterocycles. The van der Waals surface area contributed by atoms with Crippen LogP contribution in [0.3, 0.4) is 0 Å². The molecule has 0 bridgehead atoms. The van der Waals surface area contributed by atoms with Gasteiger partial charge in [-0.1, -0.05) is 12.1 Å². The van der Waals surface area contributed by atoms with Crippen LogP contribution in [0, 0.1) is 5.82 Å². The Morgan fingerprint density at radius 2 is 2.14 bits per heavy atom. The van der Waals surface area contributed by atoms with Crippen molar-refractivity contribution in [2.24, 2.45) is 0 Å². The van der Waals surface area contributed by atoms with E-state index in [1.807, 2.05) is 28.8 Å². The molecule has 21 heavy (non-hydrogen) atoms. The normalized spacial score (nSPS) is 10.7. The standard InChI is InChI=1S/C15H11FN2O3/c16-11-4-3-5-12(14(11)15(19)20)21-9-10-8-18-7-2-1-6-13(18)17-10/h1-8H,9H2,(H,19,20). The molecular formula is C15H11FN2O3. The van der Waals surface area contributed by atoms with Gasteiger partial charge in [-0.05, 0) is 24.3 Å². The molecule has 0 saturated heterocycles. The summed E-state index contributed by atoms with van der Waals surface area (Å²) in [6.07, 6.45) is 3.62. The van der Waals surface area contributed by atoms with E-state index in [9.17, 15) is 9.18 Å². The van der Waals surface area contributed by atoms with E-state index in [4.69, 9.17) is 9.84 Å². The largest absolute Gasteiger partial charge is 0.486 e. The molecule has 0 aliphatic carbocycles. The van der Waals surface area contributed by atoms with Gasteiger partial charge in [0.25, 0.3) is 0 Å². The van der Waals surface area contributed by atoms with Crippen molar-refractivity contribution in [1.29, 1.82) is 0 Å². The number of rotatable bonds is 4. The summed E-state index contributed by atoms with van der Waals surface area (Å²) in [5.74, 6) is -2.20. The number of carbonyl (C=O) groups is 1. The first-order chi connectivity index (χ1) is 10.1. The third kappa shape index (κ3) is 2.55. The Labute approximate surface area is 119 Å². The number of carboxylic acid groups (broad SMARTS) is 1. The van der Waals surface area contributed by atoms with Crippen LogP contribution in [0.25, 0.3) is 5.65 Å². The number of benzene rings is 1. The van der Waals surface area contributed by atoms with Crippen LogP contribution in [0.5, 0.6) is 5.75 Å². The number of aromatic nitrogens is 2. The molecule has 0 fully saturated rings. The fraction of sp³-hybridized carbons (Fsp3) is 0.0667. The Morgan fingerprint density at radius 3 is 2.90 bits per heavy atom. The van der Waals surface area contributed by atoms with Gasteiger partial charge in [0.15, 0.2) is 0 Å². The van der Waals surface area contributed by atoms with Crippen molar-refractivity contribution < 1.29 is 19.0 Å². The van der Waals surface area contributed by atoms with Crippen molar-refractivity contribution in [2.45, 2.75) is 6.61 Å². The lowest BCUT2D eigenvalue weighted by Crippen LogP contribution is -2.06. The molecule has 0 saturated carbocycles. The minimum absolute atomic E-state index is 0.0143. The van der Waals surface area contributed by atoms with Crippen LogP contribution in [0.1, 0.15) is 16.1 Å². The molecule has 5 nitrogen and oxygen atoms in total. The number of pyridine rings is 1. The highest BCUT2D eigenvalue weighted by Gasteiger charge is 2.17. The lowest BCUT2D eigenvalue weighted by molar-refractivity contribution is 0.0686. The predicted octanol–water partition coefficient (Wildman–Crippen LogP) is 2.75. The number of nitrogens with zero attached hydrogens (tertiary/aromatic N) is 2. The summed E-state index contributed by atoms with van der Waals surface area (Å²) in [6, 6.07) is 9.48. The summed E-state index contributed by atoms with van der Waals surface area (Å²) >= 11 is 0. The second kappa shape index (κ2) is 5.24. The van der Waals surface area contributed by atoms with Crippen LogP contribution in [0.4, 0.5) is 4.39 Å². The van der Waals surface area contributed by atoms with Gasteiger partial charge in [0.2, 0.25) is 0 Å². The molecule has 0 radical (unpaired) electrons. The van der Waals surface area contributed by atoms with E-state index in [2.05, 4.69) is 4.98 Å². The second-order valence-electron chi connectivity index (χ2n) is 4.41. The van der Waals surface area contributed by atoms with Crippen LogP contribution in [-0.4, -0.2) is 20.5 Å². The highest BCUT2D eigenvalue weighted by molar-refractivity contribution is 5.91. The second-order valence-corrected chi connectivity index (χ2v) is 4.41. The summed E-state index contributed by atoms with van der Waals surface area (Å²) in [5, 5.41) is 9.02. The first-order valence-electron chi connectivity index (χ1n) is 6.22. The number of hydrogen-bond donors (Lipinski definition) is 1. The van der Waals surface area contributed by atoms with E-state index in [0.29, 0.717) is 5.69 Å². The van der Waals surface area contributed by atoms with Gasteiger partial charge in [-0.3, -0.25) is 0 Å². The zero-order valence-corrected chi connectivity index (χ0v) is 10.9. The van der Waals surface area contributed by atoms with Crippen LogP contribution in [-0.2, 0) is 6.61 Å². The van der Waals surface area contributed by atoms with Crippen molar-refractivity contribution in [3.63, 3.8) is 0 Å². The zero-order chi connectivity index (χ0) is 14.8. The zero-order valence-electron chi connectivity index (χ0n) is 10.9. The molecule has 0 spiro atoms.